The zero-order valence-corrected chi connectivity index (χ0v) is 10.4. The van der Waals surface area contributed by atoms with Gasteiger partial charge in [0.25, 0.3) is 0 Å². The summed E-state index contributed by atoms with van der Waals surface area (Å²) < 4.78 is 5.32. The van der Waals surface area contributed by atoms with Gasteiger partial charge >= 0.3 is 6.03 Å². The number of nitrogens with one attached hydrogen (secondary N) is 2. The number of rotatable bonds is 2. The van der Waals surface area contributed by atoms with Crippen LogP contribution >= 0.6 is 0 Å². The van der Waals surface area contributed by atoms with Crippen molar-refractivity contribution in [2.75, 3.05) is 0 Å². The van der Waals surface area contributed by atoms with Crippen molar-refractivity contribution >= 4 is 6.03 Å². The molecule has 2 N–H and O–H groups in total. The predicted molar refractivity (Wildman–Crippen MR) is 61.1 cm³/mol. The molecule has 0 saturated carbocycles. The van der Waals surface area contributed by atoms with Crippen molar-refractivity contribution in [1.82, 2.24) is 15.6 Å². The summed E-state index contributed by atoms with van der Waals surface area (Å²) in [5, 5.41) is 5.57. The Bertz CT molecular complexity index is 366. The first-order valence-electron chi connectivity index (χ1n) is 5.29. The molecule has 1 rings (SSSR count). The van der Waals surface area contributed by atoms with Gasteiger partial charge in [0, 0.05) is 5.54 Å². The lowest BCUT2D eigenvalue weighted by atomic mass is 10.1. The number of hydrogen-bond acceptors (Lipinski definition) is 3. The highest BCUT2D eigenvalue weighted by molar-refractivity contribution is 5.74. The summed E-state index contributed by atoms with van der Waals surface area (Å²) in [6.07, 6.45) is 1.63. The second-order valence-corrected chi connectivity index (χ2v) is 4.88. The van der Waals surface area contributed by atoms with Gasteiger partial charge in [-0.2, -0.15) is 0 Å². The van der Waals surface area contributed by atoms with Gasteiger partial charge < -0.3 is 15.1 Å². The summed E-state index contributed by atoms with van der Waals surface area (Å²) in [6, 6.07) is -0.466. The van der Waals surface area contributed by atoms with Crippen molar-refractivity contribution < 1.29 is 9.21 Å². The fourth-order valence-corrected chi connectivity index (χ4v) is 1.21. The number of aromatic nitrogens is 1. The van der Waals surface area contributed by atoms with Crippen LogP contribution in [0.4, 0.5) is 4.79 Å². The number of hydrogen-bond donors (Lipinski definition) is 2. The Balaban J connectivity index is 2.52. The Morgan fingerprint density at radius 2 is 2.12 bits per heavy atom. The molecule has 1 aromatic rings. The van der Waals surface area contributed by atoms with Crippen LogP contribution in [-0.2, 0) is 0 Å². The van der Waals surface area contributed by atoms with Gasteiger partial charge in [-0.25, -0.2) is 9.78 Å². The molecule has 2 amide bonds. The first-order chi connectivity index (χ1) is 7.28. The molecule has 16 heavy (non-hydrogen) atoms. The maximum Gasteiger partial charge on any atom is 0.315 e. The second kappa shape index (κ2) is 4.55. The maximum absolute atomic E-state index is 11.6. The van der Waals surface area contributed by atoms with Crippen LogP contribution < -0.4 is 10.6 Å². The number of carbonyl (C=O) groups excluding carboxylic acids is 1. The highest BCUT2D eigenvalue weighted by Gasteiger charge is 2.18. The minimum atomic E-state index is -0.254. The van der Waals surface area contributed by atoms with Crippen LogP contribution in [0.25, 0.3) is 0 Å². The zero-order valence-electron chi connectivity index (χ0n) is 10.4. The minimum Gasteiger partial charge on any atom is -0.444 e. The van der Waals surface area contributed by atoms with Crippen LogP contribution in [0.15, 0.2) is 10.6 Å². The number of urea groups is 1. The van der Waals surface area contributed by atoms with Gasteiger partial charge in [0.15, 0.2) is 0 Å². The normalized spacial score (nSPS) is 13.3. The highest BCUT2D eigenvalue weighted by atomic mass is 16.4. The van der Waals surface area contributed by atoms with Crippen LogP contribution in [0.2, 0.25) is 0 Å². The number of carbonyl (C=O) groups is 1. The van der Waals surface area contributed by atoms with Crippen LogP contribution in [0.3, 0.4) is 0 Å². The van der Waals surface area contributed by atoms with E-state index < -0.39 is 0 Å². The molecule has 5 heteroatoms. The summed E-state index contributed by atoms with van der Waals surface area (Å²) in [5.74, 6) is 1.25. The van der Waals surface area contributed by atoms with E-state index in [4.69, 9.17) is 4.42 Å². The lowest BCUT2D eigenvalue weighted by molar-refractivity contribution is 0.226. The number of aryl methyl sites for hydroxylation is 1. The Kier molecular flexibility index (Phi) is 3.57. The van der Waals surface area contributed by atoms with Crippen molar-refractivity contribution in [3.05, 3.63) is 17.8 Å². The van der Waals surface area contributed by atoms with Crippen LogP contribution in [-0.4, -0.2) is 16.6 Å². The minimum absolute atomic E-state index is 0.226. The topological polar surface area (TPSA) is 67.2 Å². The van der Waals surface area contributed by atoms with Crippen molar-refractivity contribution in [3.63, 3.8) is 0 Å². The van der Waals surface area contributed by atoms with E-state index in [1.165, 1.54) is 0 Å². The summed E-state index contributed by atoms with van der Waals surface area (Å²) in [5.41, 5.74) is -0.254. The summed E-state index contributed by atoms with van der Waals surface area (Å²) in [4.78, 5) is 15.6. The molecule has 5 nitrogen and oxygen atoms in total. The Hall–Kier alpha value is -1.52. The molecule has 0 bridgehead atoms. The third-order valence-electron chi connectivity index (χ3n) is 1.85. The van der Waals surface area contributed by atoms with E-state index in [1.807, 2.05) is 34.6 Å². The van der Waals surface area contributed by atoms with Crippen molar-refractivity contribution in [3.8, 4) is 0 Å². The third-order valence-corrected chi connectivity index (χ3v) is 1.85. The Morgan fingerprint density at radius 3 is 2.56 bits per heavy atom. The fourth-order valence-electron chi connectivity index (χ4n) is 1.21. The van der Waals surface area contributed by atoms with E-state index in [-0.39, 0.29) is 17.6 Å². The van der Waals surface area contributed by atoms with Gasteiger partial charge in [-0.1, -0.05) is 0 Å². The molecular weight excluding hydrogens is 206 g/mol. The van der Waals surface area contributed by atoms with E-state index >= 15 is 0 Å². The van der Waals surface area contributed by atoms with Crippen molar-refractivity contribution in [2.45, 2.75) is 46.2 Å². The van der Waals surface area contributed by atoms with E-state index in [1.54, 1.807) is 6.20 Å². The van der Waals surface area contributed by atoms with Crippen molar-refractivity contribution in [1.29, 1.82) is 0 Å². The summed E-state index contributed by atoms with van der Waals surface area (Å²) in [7, 11) is 0. The largest absolute Gasteiger partial charge is 0.444 e. The summed E-state index contributed by atoms with van der Waals surface area (Å²) >= 11 is 0. The first kappa shape index (κ1) is 12.5. The second-order valence-electron chi connectivity index (χ2n) is 4.88. The molecule has 0 aliphatic rings. The molecule has 1 heterocycles. The first-order valence-corrected chi connectivity index (χ1v) is 5.29. The van der Waals surface area contributed by atoms with Gasteiger partial charge in [0.1, 0.15) is 11.8 Å². The van der Waals surface area contributed by atoms with E-state index in [2.05, 4.69) is 15.6 Å². The molecule has 0 spiro atoms. The van der Waals surface area contributed by atoms with E-state index in [0.29, 0.717) is 5.89 Å². The lowest BCUT2D eigenvalue weighted by Gasteiger charge is -2.22. The number of oxazole rings is 1. The van der Waals surface area contributed by atoms with Crippen LogP contribution in [0.1, 0.15) is 45.4 Å². The molecule has 1 unspecified atom stereocenters. The molecule has 0 aliphatic heterocycles. The number of nitrogens with zero attached hydrogens (tertiary/aromatic N) is 1. The van der Waals surface area contributed by atoms with Gasteiger partial charge in [-0.15, -0.1) is 0 Å². The van der Waals surface area contributed by atoms with E-state index in [0.717, 1.165) is 5.76 Å². The average molecular weight is 225 g/mol. The molecule has 0 saturated heterocycles. The molecule has 0 aliphatic carbocycles. The highest BCUT2D eigenvalue weighted by Crippen LogP contribution is 2.11. The molecule has 0 fully saturated rings. The zero-order chi connectivity index (χ0) is 12.3. The molecule has 0 radical (unpaired) electrons. The molecular formula is C11H19N3O2. The van der Waals surface area contributed by atoms with E-state index in [9.17, 15) is 4.79 Å². The van der Waals surface area contributed by atoms with Gasteiger partial charge in [-0.05, 0) is 34.6 Å². The molecule has 90 valence electrons. The maximum atomic E-state index is 11.6. The monoisotopic (exact) mass is 225 g/mol. The summed E-state index contributed by atoms with van der Waals surface area (Å²) in [6.45, 7) is 9.41. The quantitative estimate of drug-likeness (QED) is 0.810. The molecule has 1 aromatic heterocycles. The lowest BCUT2D eigenvalue weighted by Crippen LogP contribution is -2.47. The average Bonchev–Trinajstić information content (AvgIpc) is 2.47. The predicted octanol–water partition coefficient (Wildman–Crippen LogP) is 2.14. The van der Waals surface area contributed by atoms with Gasteiger partial charge in [0.05, 0.1) is 6.20 Å². The molecule has 0 aromatic carbocycles. The number of amides is 2. The SMILES string of the molecule is Cc1cnc(C(C)NC(=O)NC(C)(C)C)o1. The fraction of sp³-hybridized carbons (Fsp3) is 0.636. The third kappa shape index (κ3) is 3.92. The standard InChI is InChI=1S/C11H19N3O2/c1-7-6-12-9(16-7)8(2)13-10(15)14-11(3,4)5/h6,8H,1-5H3,(H2,13,14,15). The van der Waals surface area contributed by atoms with Gasteiger partial charge in [0.2, 0.25) is 5.89 Å². The molecule has 1 atom stereocenters. The Morgan fingerprint density at radius 1 is 1.50 bits per heavy atom. The van der Waals surface area contributed by atoms with Crippen molar-refractivity contribution in [2.24, 2.45) is 0 Å². The van der Waals surface area contributed by atoms with Crippen LogP contribution in [0.5, 0.6) is 0 Å². The van der Waals surface area contributed by atoms with Crippen LogP contribution in [0, 0.1) is 6.92 Å². The smallest absolute Gasteiger partial charge is 0.315 e. The Labute approximate surface area is 95.6 Å². The van der Waals surface area contributed by atoms with Gasteiger partial charge in [-0.3, -0.25) is 0 Å².